The van der Waals surface area contributed by atoms with E-state index < -0.39 is 0 Å². The molecule has 2 N–H and O–H groups in total. The van der Waals surface area contributed by atoms with Gasteiger partial charge in [0.15, 0.2) is 11.5 Å². The summed E-state index contributed by atoms with van der Waals surface area (Å²) in [6, 6.07) is 13.3. The van der Waals surface area contributed by atoms with E-state index in [2.05, 4.69) is 14.5 Å². The number of halogens is 1. The molecule has 0 amide bonds. The van der Waals surface area contributed by atoms with Crippen molar-refractivity contribution in [2.24, 2.45) is 0 Å². The third-order valence-corrected chi connectivity index (χ3v) is 7.54. The average Bonchev–Trinajstić information content (AvgIpc) is 3.55. The van der Waals surface area contributed by atoms with Crippen LogP contribution < -0.4 is 5.73 Å². The fourth-order valence-corrected chi connectivity index (χ4v) is 5.49. The maximum absolute atomic E-state index is 15.1. The maximum atomic E-state index is 15.1. The van der Waals surface area contributed by atoms with Gasteiger partial charge in [-0.25, -0.2) is 24.3 Å². The highest BCUT2D eigenvalue weighted by Gasteiger charge is 2.33. The van der Waals surface area contributed by atoms with Crippen molar-refractivity contribution in [1.29, 1.82) is 0 Å². The fraction of sp³-hybridized carbons (Fsp3) is 0.357. The number of nitrogens with zero attached hydrogens (tertiary/aromatic N) is 6. The number of ether oxygens (including phenoxy) is 1. The van der Waals surface area contributed by atoms with Crippen LogP contribution in [0.3, 0.4) is 0 Å². The van der Waals surface area contributed by atoms with Crippen LogP contribution in [0.25, 0.3) is 27.9 Å². The molecule has 1 aliphatic heterocycles. The summed E-state index contributed by atoms with van der Waals surface area (Å²) < 4.78 is 25.2. The van der Waals surface area contributed by atoms with Crippen LogP contribution in [-0.4, -0.2) is 35.7 Å². The molecule has 3 aromatic heterocycles. The Morgan fingerprint density at radius 2 is 1.86 bits per heavy atom. The second-order valence-corrected chi connectivity index (χ2v) is 10.1. The minimum absolute atomic E-state index is 0.117. The molecule has 5 aromatic rings. The second-order valence-electron chi connectivity index (χ2n) is 10.1. The summed E-state index contributed by atoms with van der Waals surface area (Å²) in [5.74, 6) is 1.35. The van der Waals surface area contributed by atoms with Gasteiger partial charge in [0.1, 0.15) is 29.2 Å². The summed E-state index contributed by atoms with van der Waals surface area (Å²) in [7, 11) is 0. The first-order valence-electron chi connectivity index (χ1n) is 13.0. The summed E-state index contributed by atoms with van der Waals surface area (Å²) in [6.07, 6.45) is 6.66. The quantitative estimate of drug-likeness (QED) is 0.339. The smallest absolute Gasteiger partial charge is 0.167 e. The molecule has 188 valence electrons. The molecular formula is C28H28FN7O. The van der Waals surface area contributed by atoms with E-state index in [-0.39, 0.29) is 23.9 Å². The zero-order chi connectivity index (χ0) is 25.1. The van der Waals surface area contributed by atoms with Gasteiger partial charge >= 0.3 is 0 Å². The first-order valence-corrected chi connectivity index (χ1v) is 13.0. The molecule has 2 aromatic carbocycles. The van der Waals surface area contributed by atoms with E-state index in [0.717, 1.165) is 66.8 Å². The number of nitrogen functional groups attached to an aromatic ring is 1. The number of hydrogen-bond donors (Lipinski definition) is 1. The van der Waals surface area contributed by atoms with Crippen LogP contribution in [0.1, 0.15) is 74.3 Å². The van der Waals surface area contributed by atoms with Gasteiger partial charge in [0.05, 0.1) is 23.3 Å². The Balaban J connectivity index is 1.42. The van der Waals surface area contributed by atoms with Gasteiger partial charge in [-0.15, -0.1) is 0 Å². The molecule has 2 atom stereocenters. The van der Waals surface area contributed by atoms with Gasteiger partial charge in [-0.1, -0.05) is 18.2 Å². The molecular weight excluding hydrogens is 469 g/mol. The number of nitrogens with two attached hydrogens (primary N) is 1. The molecule has 0 bridgehead atoms. The summed E-state index contributed by atoms with van der Waals surface area (Å²) in [5.41, 5.74) is 10.9. The molecule has 9 heteroatoms. The van der Waals surface area contributed by atoms with E-state index in [4.69, 9.17) is 20.4 Å². The number of para-hydroxylation sites is 1. The van der Waals surface area contributed by atoms with Crippen molar-refractivity contribution in [2.75, 3.05) is 12.3 Å². The Labute approximate surface area is 213 Å². The van der Waals surface area contributed by atoms with Crippen LogP contribution in [0.4, 0.5) is 10.2 Å². The van der Waals surface area contributed by atoms with Crippen LogP contribution in [0.5, 0.6) is 0 Å². The molecule has 7 rings (SSSR count). The molecule has 0 spiro atoms. The highest BCUT2D eigenvalue weighted by atomic mass is 19.1. The Kier molecular flexibility index (Phi) is 5.21. The van der Waals surface area contributed by atoms with Crippen LogP contribution >= 0.6 is 0 Å². The lowest BCUT2D eigenvalue weighted by molar-refractivity contribution is -0.0298. The zero-order valence-electron chi connectivity index (χ0n) is 20.6. The Hall–Kier alpha value is -3.85. The summed E-state index contributed by atoms with van der Waals surface area (Å²) >= 11 is 0. The molecule has 8 nitrogen and oxygen atoms in total. The normalized spacial score (nSPS) is 19.0. The fourth-order valence-electron chi connectivity index (χ4n) is 5.49. The summed E-state index contributed by atoms with van der Waals surface area (Å²) in [4.78, 5) is 19.1. The van der Waals surface area contributed by atoms with Crippen LogP contribution in [-0.2, 0) is 4.74 Å². The lowest BCUT2D eigenvalue weighted by atomic mass is 10.1. The summed E-state index contributed by atoms with van der Waals surface area (Å²) in [5, 5.41) is 0. The van der Waals surface area contributed by atoms with E-state index >= 15 is 4.39 Å². The predicted octanol–water partition coefficient (Wildman–Crippen LogP) is 5.61. The first-order chi connectivity index (χ1) is 18.1. The maximum Gasteiger partial charge on any atom is 0.167 e. The van der Waals surface area contributed by atoms with E-state index in [1.54, 1.807) is 12.4 Å². The number of rotatable bonds is 5. The number of aromatic nitrogens is 6. The molecule has 2 fully saturated rings. The minimum atomic E-state index is -0.315. The van der Waals surface area contributed by atoms with Gasteiger partial charge in [0.25, 0.3) is 0 Å². The number of benzene rings is 2. The first kappa shape index (κ1) is 22.4. The number of fused-ring (bicyclic) bond motifs is 2. The van der Waals surface area contributed by atoms with Crippen molar-refractivity contribution in [3.8, 4) is 5.69 Å². The van der Waals surface area contributed by atoms with Gasteiger partial charge in [0, 0.05) is 17.9 Å². The topological polar surface area (TPSA) is 96.7 Å². The van der Waals surface area contributed by atoms with Crippen LogP contribution in [0.15, 0.2) is 48.8 Å². The Bertz CT molecular complexity index is 1620. The second kappa shape index (κ2) is 8.62. The van der Waals surface area contributed by atoms with E-state index in [1.165, 1.54) is 6.07 Å². The standard InChI is InChI=1S/C28H28FN7O/c1-16(26-33-25(30)23-28(34-26)35(15-31-23)21-9-5-6-14-37-21)27-32-20-13-12-19(29)22(17-10-11-17)24(20)36(27)18-7-3-2-4-8-18/h2-4,7-8,12-13,15-17,21H,5-6,9-11,14H2,1H3,(H2,30,33,34)/t16?,21-/m0/s1. The predicted molar refractivity (Wildman–Crippen MR) is 139 cm³/mol. The number of hydrogen-bond acceptors (Lipinski definition) is 6. The van der Waals surface area contributed by atoms with Crippen LogP contribution in [0, 0.1) is 5.82 Å². The van der Waals surface area contributed by atoms with E-state index in [9.17, 15) is 0 Å². The lowest BCUT2D eigenvalue weighted by Crippen LogP contribution is -2.18. The van der Waals surface area contributed by atoms with Gasteiger partial charge in [-0.3, -0.25) is 9.13 Å². The zero-order valence-corrected chi connectivity index (χ0v) is 20.6. The van der Waals surface area contributed by atoms with Crippen LogP contribution in [0.2, 0.25) is 0 Å². The molecule has 1 unspecified atom stereocenters. The molecule has 1 saturated heterocycles. The van der Waals surface area contributed by atoms with Crippen molar-refractivity contribution < 1.29 is 9.13 Å². The van der Waals surface area contributed by atoms with Gasteiger partial charge < -0.3 is 10.5 Å². The average molecular weight is 498 g/mol. The van der Waals surface area contributed by atoms with Gasteiger partial charge in [-0.05, 0) is 69.2 Å². The minimum Gasteiger partial charge on any atom is -0.382 e. The van der Waals surface area contributed by atoms with Crippen molar-refractivity contribution >= 4 is 28.0 Å². The van der Waals surface area contributed by atoms with Crippen molar-refractivity contribution in [2.45, 2.75) is 57.1 Å². The lowest BCUT2D eigenvalue weighted by Gasteiger charge is -2.24. The molecule has 2 aliphatic rings. The third-order valence-electron chi connectivity index (χ3n) is 7.54. The SMILES string of the molecule is CC(c1nc(N)c2ncn([C@@H]3CCCCO3)c2n1)c1nc2ccc(F)c(C3CC3)c2n1-c1ccccc1. The Morgan fingerprint density at radius 3 is 2.62 bits per heavy atom. The van der Waals surface area contributed by atoms with Crippen molar-refractivity contribution in [1.82, 2.24) is 29.1 Å². The monoisotopic (exact) mass is 497 g/mol. The summed E-state index contributed by atoms with van der Waals surface area (Å²) in [6.45, 7) is 2.74. The third kappa shape index (κ3) is 3.68. The highest BCUT2D eigenvalue weighted by molar-refractivity contribution is 5.84. The molecule has 37 heavy (non-hydrogen) atoms. The van der Waals surface area contributed by atoms with Crippen molar-refractivity contribution in [3.05, 3.63) is 71.8 Å². The molecule has 1 saturated carbocycles. The molecule has 4 heterocycles. The molecule has 1 aliphatic carbocycles. The molecule has 0 radical (unpaired) electrons. The highest BCUT2D eigenvalue weighted by Crippen LogP contribution is 2.45. The van der Waals surface area contributed by atoms with Gasteiger partial charge in [0.2, 0.25) is 0 Å². The number of imidazole rings is 2. The van der Waals surface area contributed by atoms with Crippen molar-refractivity contribution in [3.63, 3.8) is 0 Å². The largest absolute Gasteiger partial charge is 0.382 e. The van der Waals surface area contributed by atoms with E-state index in [1.807, 2.05) is 41.8 Å². The van der Waals surface area contributed by atoms with E-state index in [0.29, 0.717) is 22.8 Å². The van der Waals surface area contributed by atoms with Gasteiger partial charge in [-0.2, -0.15) is 0 Å². The number of anilines is 1. The Morgan fingerprint density at radius 1 is 1.03 bits per heavy atom.